The molecule has 0 aliphatic rings. The van der Waals surface area contributed by atoms with Crippen LogP contribution in [-0.4, -0.2) is 10.8 Å². The van der Waals surface area contributed by atoms with Crippen molar-refractivity contribution in [3.63, 3.8) is 0 Å². The van der Waals surface area contributed by atoms with Crippen LogP contribution < -0.4 is 5.73 Å². The van der Waals surface area contributed by atoms with Gasteiger partial charge in [0.2, 0.25) is 0 Å². The van der Waals surface area contributed by atoms with Crippen molar-refractivity contribution >= 4 is 17.1 Å². The summed E-state index contributed by atoms with van der Waals surface area (Å²) in [5.74, 6) is 2.56. The number of nitrogens with zero attached hydrogens (tertiary/aromatic N) is 1. The van der Waals surface area contributed by atoms with Crippen LogP contribution in [-0.2, 0) is 0 Å². The van der Waals surface area contributed by atoms with Gasteiger partial charge in [0, 0.05) is 18.2 Å². The molecule has 1 atom stereocenters. The van der Waals surface area contributed by atoms with Gasteiger partial charge in [-0.1, -0.05) is 0 Å². The van der Waals surface area contributed by atoms with Crippen LogP contribution in [0.4, 0.5) is 0 Å². The van der Waals surface area contributed by atoms with Gasteiger partial charge in [0.15, 0.2) is 5.78 Å². The van der Waals surface area contributed by atoms with Gasteiger partial charge in [0.05, 0.1) is 6.04 Å². The number of carbonyl (C=O) groups excluding carboxylic acids is 1. The first kappa shape index (κ1) is 11.9. The lowest BCUT2D eigenvalue weighted by atomic mass is 10.1. The Labute approximate surface area is 93.7 Å². The Kier molecular flexibility index (Phi) is 4.47. The summed E-state index contributed by atoms with van der Waals surface area (Å²) in [4.78, 5) is 15.8. The molecule has 4 heteroatoms. The molecule has 1 heterocycles. The molecule has 1 aromatic rings. The van der Waals surface area contributed by atoms with Crippen molar-refractivity contribution in [2.75, 3.05) is 0 Å². The molecule has 80 valence electrons. The van der Waals surface area contributed by atoms with Crippen LogP contribution in [0, 0.1) is 12.3 Å². The van der Waals surface area contributed by atoms with Crippen LogP contribution in [0.1, 0.15) is 47.7 Å². The summed E-state index contributed by atoms with van der Waals surface area (Å²) in [6, 6.07) is -0.109. The van der Waals surface area contributed by atoms with Gasteiger partial charge in [-0.25, -0.2) is 4.98 Å². The average Bonchev–Trinajstić information content (AvgIpc) is 2.66. The monoisotopic (exact) mass is 222 g/mol. The zero-order valence-electron chi connectivity index (χ0n) is 8.69. The Morgan fingerprint density at radius 1 is 1.80 bits per heavy atom. The minimum Gasteiger partial charge on any atom is -0.322 e. The number of terminal acetylenes is 1. The molecule has 0 saturated carbocycles. The highest BCUT2D eigenvalue weighted by molar-refractivity contribution is 7.09. The van der Waals surface area contributed by atoms with Gasteiger partial charge in [-0.05, 0) is 13.3 Å². The Morgan fingerprint density at radius 2 is 2.53 bits per heavy atom. The van der Waals surface area contributed by atoms with E-state index in [1.165, 1.54) is 11.3 Å². The molecule has 0 spiro atoms. The van der Waals surface area contributed by atoms with E-state index in [2.05, 4.69) is 10.9 Å². The zero-order chi connectivity index (χ0) is 11.3. The molecule has 0 aliphatic carbocycles. The Morgan fingerprint density at radius 3 is 3.07 bits per heavy atom. The van der Waals surface area contributed by atoms with Crippen LogP contribution in [0.5, 0.6) is 0 Å². The summed E-state index contributed by atoms with van der Waals surface area (Å²) in [5, 5.41) is 2.56. The van der Waals surface area contributed by atoms with E-state index >= 15 is 0 Å². The standard InChI is InChI=1S/C11H14N2OS/c1-3-4-5-6-10(14)9-7-15-11(13-9)8(2)12/h1,7-8H,4-6,12H2,2H3. The van der Waals surface area contributed by atoms with Crippen LogP contribution in [0.3, 0.4) is 0 Å². The molecular formula is C11H14N2OS. The largest absolute Gasteiger partial charge is 0.322 e. The fourth-order valence-corrected chi connectivity index (χ4v) is 1.89. The van der Waals surface area contributed by atoms with E-state index in [4.69, 9.17) is 12.2 Å². The van der Waals surface area contributed by atoms with Crippen molar-refractivity contribution in [1.82, 2.24) is 4.98 Å². The van der Waals surface area contributed by atoms with Gasteiger partial charge in [-0.15, -0.1) is 23.7 Å². The van der Waals surface area contributed by atoms with Crippen molar-refractivity contribution in [1.29, 1.82) is 0 Å². The number of carbonyl (C=O) groups is 1. The molecular weight excluding hydrogens is 208 g/mol. The third kappa shape index (κ3) is 3.46. The van der Waals surface area contributed by atoms with E-state index in [1.807, 2.05) is 6.92 Å². The summed E-state index contributed by atoms with van der Waals surface area (Å²) in [7, 11) is 0. The van der Waals surface area contributed by atoms with Gasteiger partial charge >= 0.3 is 0 Å². The third-order valence-corrected chi connectivity index (χ3v) is 2.97. The summed E-state index contributed by atoms with van der Waals surface area (Å²) in [5.41, 5.74) is 6.18. The molecule has 1 aromatic heterocycles. The highest BCUT2D eigenvalue weighted by atomic mass is 32.1. The predicted molar refractivity (Wildman–Crippen MR) is 61.7 cm³/mol. The number of Topliss-reactive ketones (excluding diaryl/α,β-unsaturated/α-hetero) is 1. The van der Waals surface area contributed by atoms with Crippen LogP contribution in [0.25, 0.3) is 0 Å². The van der Waals surface area contributed by atoms with E-state index in [9.17, 15) is 4.79 Å². The fraction of sp³-hybridized carbons (Fsp3) is 0.455. The maximum atomic E-state index is 11.6. The van der Waals surface area contributed by atoms with E-state index in [-0.39, 0.29) is 11.8 Å². The lowest BCUT2D eigenvalue weighted by Gasteiger charge is -1.97. The molecule has 0 amide bonds. The van der Waals surface area contributed by atoms with E-state index in [1.54, 1.807) is 5.38 Å². The first-order chi connectivity index (χ1) is 7.15. The number of hydrogen-bond acceptors (Lipinski definition) is 4. The van der Waals surface area contributed by atoms with E-state index < -0.39 is 0 Å². The van der Waals surface area contributed by atoms with Crippen molar-refractivity contribution in [3.8, 4) is 12.3 Å². The second kappa shape index (κ2) is 5.64. The molecule has 0 aromatic carbocycles. The second-order valence-electron chi connectivity index (χ2n) is 3.34. The average molecular weight is 222 g/mol. The first-order valence-corrected chi connectivity index (χ1v) is 5.70. The topological polar surface area (TPSA) is 56.0 Å². The summed E-state index contributed by atoms with van der Waals surface area (Å²) in [6.07, 6.45) is 6.93. The molecule has 0 aliphatic heterocycles. The molecule has 1 unspecified atom stereocenters. The van der Waals surface area contributed by atoms with Gasteiger partial charge in [-0.3, -0.25) is 4.79 Å². The molecule has 15 heavy (non-hydrogen) atoms. The molecule has 0 fully saturated rings. The van der Waals surface area contributed by atoms with Crippen molar-refractivity contribution in [2.24, 2.45) is 5.73 Å². The quantitative estimate of drug-likeness (QED) is 0.472. The van der Waals surface area contributed by atoms with Gasteiger partial charge in [0.25, 0.3) is 0 Å². The number of aromatic nitrogens is 1. The van der Waals surface area contributed by atoms with Gasteiger partial charge < -0.3 is 5.73 Å². The van der Waals surface area contributed by atoms with Crippen molar-refractivity contribution < 1.29 is 4.79 Å². The Hall–Kier alpha value is -1.18. The van der Waals surface area contributed by atoms with Gasteiger partial charge in [0.1, 0.15) is 10.7 Å². The lowest BCUT2D eigenvalue weighted by Crippen LogP contribution is -2.06. The molecule has 0 saturated heterocycles. The zero-order valence-corrected chi connectivity index (χ0v) is 9.51. The summed E-state index contributed by atoms with van der Waals surface area (Å²) in [6.45, 7) is 1.85. The predicted octanol–water partition coefficient (Wildman–Crippen LogP) is 2.15. The maximum Gasteiger partial charge on any atom is 0.182 e. The maximum absolute atomic E-state index is 11.6. The number of unbranched alkanes of at least 4 members (excludes halogenated alkanes) is 1. The van der Waals surface area contributed by atoms with E-state index in [0.717, 1.165) is 11.4 Å². The van der Waals surface area contributed by atoms with E-state index in [0.29, 0.717) is 18.5 Å². The SMILES string of the molecule is C#CCCCC(=O)c1csc(C(C)N)n1. The van der Waals surface area contributed by atoms with Crippen LogP contribution in [0.15, 0.2) is 5.38 Å². The lowest BCUT2D eigenvalue weighted by molar-refractivity contribution is 0.0976. The Balaban J connectivity index is 2.55. The number of thiazole rings is 1. The summed E-state index contributed by atoms with van der Waals surface area (Å²) < 4.78 is 0. The fourth-order valence-electron chi connectivity index (χ4n) is 1.10. The second-order valence-corrected chi connectivity index (χ2v) is 4.23. The van der Waals surface area contributed by atoms with Gasteiger partial charge in [-0.2, -0.15) is 0 Å². The molecule has 2 N–H and O–H groups in total. The molecule has 0 radical (unpaired) electrons. The third-order valence-electron chi connectivity index (χ3n) is 1.92. The molecule has 1 rings (SSSR count). The number of ketones is 1. The molecule has 3 nitrogen and oxygen atoms in total. The van der Waals surface area contributed by atoms with Crippen LogP contribution >= 0.6 is 11.3 Å². The minimum atomic E-state index is -0.109. The van der Waals surface area contributed by atoms with Crippen molar-refractivity contribution in [2.45, 2.75) is 32.2 Å². The minimum absolute atomic E-state index is 0.0494. The first-order valence-electron chi connectivity index (χ1n) is 4.82. The highest BCUT2D eigenvalue weighted by Crippen LogP contribution is 2.17. The van der Waals surface area contributed by atoms with Crippen LogP contribution in [0.2, 0.25) is 0 Å². The number of nitrogens with two attached hydrogens (primary N) is 1. The highest BCUT2D eigenvalue weighted by Gasteiger charge is 2.11. The summed E-state index contributed by atoms with van der Waals surface area (Å²) >= 11 is 1.43. The smallest absolute Gasteiger partial charge is 0.182 e. The number of hydrogen-bond donors (Lipinski definition) is 1. The Bertz CT molecular complexity index is 376. The number of rotatable bonds is 5. The molecule has 0 bridgehead atoms. The normalized spacial score (nSPS) is 12.1. The van der Waals surface area contributed by atoms with Crippen molar-refractivity contribution in [3.05, 3.63) is 16.1 Å².